The van der Waals surface area contributed by atoms with Crippen molar-refractivity contribution in [3.8, 4) is 11.3 Å². The molecule has 3 N–H and O–H groups in total. The van der Waals surface area contributed by atoms with Gasteiger partial charge in [-0.05, 0) is 36.5 Å². The van der Waals surface area contributed by atoms with E-state index in [2.05, 4.69) is 15.2 Å². The van der Waals surface area contributed by atoms with Crippen LogP contribution < -0.4 is 0 Å². The number of halogens is 5. The third-order valence-corrected chi connectivity index (χ3v) is 7.21. The van der Waals surface area contributed by atoms with Crippen LogP contribution in [0.1, 0.15) is 42.1 Å². The van der Waals surface area contributed by atoms with Gasteiger partial charge in [0.05, 0.1) is 30.6 Å². The zero-order valence-corrected chi connectivity index (χ0v) is 20.0. The van der Waals surface area contributed by atoms with E-state index in [0.717, 1.165) is 37.2 Å². The molecule has 0 radical (unpaired) electrons. The first kappa shape index (κ1) is 25.2. The molecule has 1 aliphatic heterocycles. The first-order chi connectivity index (χ1) is 17.5. The molecular formula is C25H26F5N7. The van der Waals surface area contributed by atoms with Gasteiger partial charge in [-0.2, -0.15) is 18.3 Å². The monoisotopic (exact) mass is 519 g/mol. The van der Waals surface area contributed by atoms with Gasteiger partial charge in [-0.1, -0.05) is 24.6 Å². The Morgan fingerprint density at radius 2 is 2.00 bits per heavy atom. The lowest BCUT2D eigenvalue weighted by atomic mass is 9.72. The third kappa shape index (κ3) is 4.81. The highest BCUT2D eigenvalue weighted by Gasteiger charge is 2.44. The van der Waals surface area contributed by atoms with E-state index in [4.69, 9.17) is 10.8 Å². The Morgan fingerprint density at radius 3 is 2.59 bits per heavy atom. The Labute approximate surface area is 209 Å². The molecule has 7 nitrogen and oxygen atoms in total. The first-order valence-electron chi connectivity index (χ1n) is 11.9. The minimum Gasteiger partial charge on any atom is -0.324 e. The molecule has 0 amide bonds. The molecular weight excluding hydrogens is 493 g/mol. The van der Waals surface area contributed by atoms with Crippen LogP contribution in [-0.2, 0) is 12.7 Å². The van der Waals surface area contributed by atoms with Crippen molar-refractivity contribution in [1.29, 1.82) is 10.8 Å². The van der Waals surface area contributed by atoms with E-state index < -0.39 is 30.9 Å². The third-order valence-electron chi connectivity index (χ3n) is 7.21. The summed E-state index contributed by atoms with van der Waals surface area (Å²) >= 11 is 0. The Morgan fingerprint density at radius 1 is 1.27 bits per heavy atom. The van der Waals surface area contributed by atoms with Gasteiger partial charge in [-0.15, -0.1) is 0 Å². The fourth-order valence-electron chi connectivity index (χ4n) is 5.09. The van der Waals surface area contributed by atoms with Crippen molar-refractivity contribution in [2.24, 2.45) is 5.92 Å². The highest BCUT2D eigenvalue weighted by Crippen LogP contribution is 2.42. The predicted molar refractivity (Wildman–Crippen MR) is 129 cm³/mol. The standard InChI is InChI=1S/C25H26F5N7/c1-36(13-31)23(32)20(14-4-2-5-14)15-6-3-7-16(8-15)21-17-9-19(25(28,29)30)33-18(22(17)35-34-21)10-37-11-24(26,27)12-37/h3,6-9,13-14,20,31-32H,2,4-5,10-12H2,1H3,(H,34,35). The summed E-state index contributed by atoms with van der Waals surface area (Å²) in [5, 5.41) is 23.5. The van der Waals surface area contributed by atoms with Gasteiger partial charge < -0.3 is 4.90 Å². The second-order valence-corrected chi connectivity index (χ2v) is 9.87. The summed E-state index contributed by atoms with van der Waals surface area (Å²) in [6.45, 7) is -1.23. The van der Waals surface area contributed by atoms with Gasteiger partial charge >= 0.3 is 6.18 Å². The number of nitrogens with one attached hydrogen (secondary N) is 3. The maximum absolute atomic E-state index is 13.7. The molecule has 1 atom stereocenters. The summed E-state index contributed by atoms with van der Waals surface area (Å²) < 4.78 is 67.8. The minimum absolute atomic E-state index is 0.0111. The fourth-order valence-corrected chi connectivity index (χ4v) is 5.09. The van der Waals surface area contributed by atoms with Crippen molar-refractivity contribution in [3.05, 3.63) is 47.3 Å². The lowest BCUT2D eigenvalue weighted by molar-refractivity contribution is -0.142. The minimum atomic E-state index is -4.72. The molecule has 1 saturated carbocycles. The van der Waals surface area contributed by atoms with E-state index in [-0.39, 0.29) is 40.8 Å². The molecule has 12 heteroatoms. The van der Waals surface area contributed by atoms with Gasteiger partial charge in [0.1, 0.15) is 17.2 Å². The average Bonchev–Trinajstić information content (AvgIpc) is 3.23. The van der Waals surface area contributed by atoms with E-state index in [1.807, 2.05) is 12.1 Å². The summed E-state index contributed by atoms with van der Waals surface area (Å²) in [6.07, 6.45) is -0.673. The zero-order chi connectivity index (χ0) is 26.5. The van der Waals surface area contributed by atoms with Crippen LogP contribution in [0.25, 0.3) is 22.2 Å². The molecule has 0 spiro atoms. The number of aromatic amines is 1. The molecule has 0 bridgehead atoms. The Hall–Kier alpha value is -3.41. The first-order valence-corrected chi connectivity index (χ1v) is 11.9. The van der Waals surface area contributed by atoms with Crippen LogP contribution in [0.5, 0.6) is 0 Å². The van der Waals surface area contributed by atoms with Crippen LogP contribution in [0.3, 0.4) is 0 Å². The molecule has 1 aliphatic carbocycles. The fraction of sp³-hybridized carbons (Fsp3) is 0.440. The largest absolute Gasteiger partial charge is 0.433 e. The number of aromatic nitrogens is 3. The second kappa shape index (κ2) is 9.16. The van der Waals surface area contributed by atoms with Crippen LogP contribution in [0.15, 0.2) is 30.3 Å². The number of amidine groups is 1. The van der Waals surface area contributed by atoms with E-state index >= 15 is 0 Å². The number of rotatable bonds is 7. The number of hydrogen-bond acceptors (Lipinski definition) is 5. The SMILES string of the molecule is CN(C=N)C(=N)C(c1cccc(-c2n[nH]c3c(CN4CC(F)(F)C4)nc(C(F)(F)F)cc23)c1)C1CCC1. The molecule has 196 valence electrons. The van der Waals surface area contributed by atoms with E-state index in [1.54, 1.807) is 19.2 Å². The summed E-state index contributed by atoms with van der Waals surface area (Å²) in [5.41, 5.74) is 0.860. The van der Waals surface area contributed by atoms with Crippen molar-refractivity contribution >= 4 is 23.1 Å². The van der Waals surface area contributed by atoms with Gasteiger partial charge in [0.2, 0.25) is 0 Å². The number of fused-ring (bicyclic) bond motifs is 1. The molecule has 3 aromatic rings. The number of likely N-dealkylation sites (N-methyl/N-ethyl adjacent to an activating group) is 1. The molecule has 1 unspecified atom stereocenters. The van der Waals surface area contributed by atoms with Crippen LogP contribution in [0, 0.1) is 16.7 Å². The number of alkyl halides is 5. The van der Waals surface area contributed by atoms with Gasteiger partial charge in [0.25, 0.3) is 5.92 Å². The van der Waals surface area contributed by atoms with Crippen molar-refractivity contribution < 1.29 is 22.0 Å². The lowest BCUT2D eigenvalue weighted by Crippen LogP contribution is -2.55. The number of hydrogen-bond donors (Lipinski definition) is 3. The highest BCUT2D eigenvalue weighted by atomic mass is 19.4. The molecule has 1 aromatic carbocycles. The highest BCUT2D eigenvalue weighted by molar-refractivity contribution is 5.96. The maximum atomic E-state index is 13.7. The van der Waals surface area contributed by atoms with Crippen molar-refractivity contribution in [2.45, 2.75) is 43.8 Å². The van der Waals surface area contributed by atoms with Crippen LogP contribution in [0.4, 0.5) is 22.0 Å². The van der Waals surface area contributed by atoms with Crippen molar-refractivity contribution in [2.75, 3.05) is 20.1 Å². The van der Waals surface area contributed by atoms with Crippen molar-refractivity contribution in [3.63, 3.8) is 0 Å². The number of H-pyrrole nitrogens is 1. The zero-order valence-electron chi connectivity index (χ0n) is 20.0. The summed E-state index contributed by atoms with van der Waals surface area (Å²) in [6, 6.07) is 8.16. The van der Waals surface area contributed by atoms with E-state index in [9.17, 15) is 22.0 Å². The van der Waals surface area contributed by atoms with E-state index in [0.29, 0.717) is 11.3 Å². The summed E-state index contributed by atoms with van der Waals surface area (Å²) in [7, 11) is 1.65. The Balaban J connectivity index is 1.56. The number of pyridine rings is 1. The molecule has 1 saturated heterocycles. The second-order valence-electron chi connectivity index (χ2n) is 9.87. The topological polar surface area (TPSA) is 95.8 Å². The van der Waals surface area contributed by atoms with Crippen LogP contribution in [0.2, 0.25) is 0 Å². The van der Waals surface area contributed by atoms with Gasteiger partial charge in [-0.3, -0.25) is 20.8 Å². The van der Waals surface area contributed by atoms with Gasteiger partial charge in [-0.25, -0.2) is 13.8 Å². The number of benzene rings is 1. The lowest BCUT2D eigenvalue weighted by Gasteiger charge is -2.38. The Bertz CT molecular complexity index is 1340. The summed E-state index contributed by atoms with van der Waals surface area (Å²) in [4.78, 5) is 6.55. The smallest absolute Gasteiger partial charge is 0.324 e. The normalized spacial score (nSPS) is 18.8. The number of nitrogens with zero attached hydrogens (tertiary/aromatic N) is 4. The van der Waals surface area contributed by atoms with Crippen LogP contribution in [-0.4, -0.2) is 63.2 Å². The van der Waals surface area contributed by atoms with Gasteiger partial charge in [0, 0.05) is 30.5 Å². The van der Waals surface area contributed by atoms with Crippen LogP contribution >= 0.6 is 0 Å². The average molecular weight is 520 g/mol. The molecule has 2 aliphatic rings. The van der Waals surface area contributed by atoms with Gasteiger partial charge in [0.15, 0.2) is 0 Å². The molecule has 2 fully saturated rings. The molecule has 3 heterocycles. The number of likely N-dealkylation sites (tertiary alicyclic amines) is 1. The molecule has 2 aromatic heterocycles. The molecule has 37 heavy (non-hydrogen) atoms. The quantitative estimate of drug-likeness (QED) is 0.218. The maximum Gasteiger partial charge on any atom is 0.433 e. The predicted octanol–water partition coefficient (Wildman–Crippen LogP) is 5.49. The Kier molecular flexibility index (Phi) is 6.25. The van der Waals surface area contributed by atoms with Crippen molar-refractivity contribution in [1.82, 2.24) is 25.0 Å². The van der Waals surface area contributed by atoms with E-state index in [1.165, 1.54) is 9.80 Å². The molecule has 5 rings (SSSR count). The summed E-state index contributed by atoms with van der Waals surface area (Å²) in [5.74, 6) is -2.59.